The summed E-state index contributed by atoms with van der Waals surface area (Å²) >= 11 is 0. The fourth-order valence-corrected chi connectivity index (χ4v) is 3.93. The maximum absolute atomic E-state index is 12.9. The molecule has 1 heterocycles. The average molecular weight is 346 g/mol. The zero-order valence-electron chi connectivity index (χ0n) is 16.2. The number of hydrogen-bond donors (Lipinski definition) is 2. The van der Waals surface area contributed by atoms with Crippen molar-refractivity contribution in [3.05, 3.63) is 23.3 Å². The first kappa shape index (κ1) is 19.3. The van der Waals surface area contributed by atoms with Gasteiger partial charge < -0.3 is 10.6 Å². The second-order valence-electron chi connectivity index (χ2n) is 7.83. The number of nitrogens with zero attached hydrogens (tertiary/aromatic N) is 2. The van der Waals surface area contributed by atoms with E-state index >= 15 is 0 Å². The molecule has 0 aromatic carbocycles. The molecule has 25 heavy (non-hydrogen) atoms. The van der Waals surface area contributed by atoms with Crippen LogP contribution in [-0.4, -0.2) is 35.4 Å². The first-order chi connectivity index (χ1) is 11.6. The third kappa shape index (κ3) is 3.67. The highest BCUT2D eigenvalue weighted by Gasteiger charge is 2.57. The lowest BCUT2D eigenvalue weighted by molar-refractivity contribution is -0.138. The van der Waals surface area contributed by atoms with Gasteiger partial charge in [-0.25, -0.2) is 9.97 Å². The van der Waals surface area contributed by atoms with Gasteiger partial charge in [0.25, 0.3) is 0 Å². The summed E-state index contributed by atoms with van der Waals surface area (Å²) in [4.78, 5) is 33.8. The van der Waals surface area contributed by atoms with Gasteiger partial charge in [0.2, 0.25) is 11.8 Å². The van der Waals surface area contributed by atoms with Gasteiger partial charge in [-0.3, -0.25) is 9.59 Å². The summed E-state index contributed by atoms with van der Waals surface area (Å²) in [6.45, 7) is 10.4. The molecule has 6 nitrogen and oxygen atoms in total. The molecule has 0 bridgehead atoms. The van der Waals surface area contributed by atoms with Crippen LogP contribution < -0.4 is 10.6 Å². The molecule has 1 aromatic rings. The second kappa shape index (κ2) is 7.10. The fourth-order valence-electron chi connectivity index (χ4n) is 3.93. The molecule has 0 radical (unpaired) electrons. The normalized spacial score (nSPS) is 24.8. The van der Waals surface area contributed by atoms with Crippen LogP contribution in [0.2, 0.25) is 0 Å². The van der Waals surface area contributed by atoms with Crippen molar-refractivity contribution in [3.8, 4) is 0 Å². The van der Waals surface area contributed by atoms with E-state index in [1.165, 1.54) is 0 Å². The Morgan fingerprint density at radius 1 is 1.20 bits per heavy atom. The van der Waals surface area contributed by atoms with Gasteiger partial charge in [-0.05, 0) is 38.2 Å². The molecule has 0 saturated heterocycles. The van der Waals surface area contributed by atoms with E-state index in [0.717, 1.165) is 23.6 Å². The number of aromatic nitrogens is 2. The molecule has 2 amide bonds. The SMILES string of the molecule is CNC(=O)[C@H]1CC[C@@](C)(C(=O)NCCc2nc(C)cc(C)n2)C1(C)C. The number of nitrogens with one attached hydrogen (secondary N) is 2. The maximum Gasteiger partial charge on any atom is 0.226 e. The number of amides is 2. The molecular formula is C19H30N4O2. The van der Waals surface area contributed by atoms with E-state index in [1.807, 2.05) is 40.7 Å². The van der Waals surface area contributed by atoms with E-state index in [9.17, 15) is 9.59 Å². The minimum atomic E-state index is -0.562. The average Bonchev–Trinajstić information content (AvgIpc) is 2.77. The number of rotatable bonds is 5. The Morgan fingerprint density at radius 2 is 1.80 bits per heavy atom. The predicted octanol–water partition coefficient (Wildman–Crippen LogP) is 1.94. The summed E-state index contributed by atoms with van der Waals surface area (Å²) in [5.74, 6) is 0.631. The third-order valence-corrected chi connectivity index (χ3v) is 5.95. The summed E-state index contributed by atoms with van der Waals surface area (Å²) in [6, 6.07) is 1.93. The van der Waals surface area contributed by atoms with Crippen molar-refractivity contribution >= 4 is 11.8 Å². The lowest BCUT2D eigenvalue weighted by Gasteiger charge is -2.39. The number of carbonyl (C=O) groups excluding carboxylic acids is 2. The van der Waals surface area contributed by atoms with Gasteiger partial charge in [-0.15, -0.1) is 0 Å². The summed E-state index contributed by atoms with van der Waals surface area (Å²) < 4.78 is 0. The molecule has 1 saturated carbocycles. The molecule has 138 valence electrons. The van der Waals surface area contributed by atoms with Crippen LogP contribution in [-0.2, 0) is 16.0 Å². The Kier molecular flexibility index (Phi) is 5.49. The third-order valence-electron chi connectivity index (χ3n) is 5.95. The first-order valence-electron chi connectivity index (χ1n) is 8.93. The lowest BCUT2D eigenvalue weighted by Crippen LogP contribution is -2.49. The van der Waals surface area contributed by atoms with Crippen LogP contribution in [0.25, 0.3) is 0 Å². The van der Waals surface area contributed by atoms with Gasteiger partial charge in [-0.1, -0.05) is 20.8 Å². The van der Waals surface area contributed by atoms with E-state index in [2.05, 4.69) is 20.6 Å². The maximum atomic E-state index is 12.9. The largest absolute Gasteiger partial charge is 0.359 e. The minimum absolute atomic E-state index is 0.00766. The molecule has 6 heteroatoms. The standard InChI is InChI=1S/C19H30N4O2/c1-12-11-13(2)23-15(22-12)8-10-21-17(25)19(5)9-7-14(16(24)20-6)18(19,3)4/h11,14H,7-10H2,1-6H3,(H,20,24)(H,21,25)/t14-,19+/m1/s1. The van der Waals surface area contributed by atoms with Crippen molar-refractivity contribution in [2.45, 2.75) is 53.9 Å². The van der Waals surface area contributed by atoms with Gasteiger partial charge in [0.1, 0.15) is 5.82 Å². The summed E-state index contributed by atoms with van der Waals surface area (Å²) in [5.41, 5.74) is 0.915. The summed E-state index contributed by atoms with van der Waals surface area (Å²) in [5, 5.41) is 5.76. The van der Waals surface area contributed by atoms with Crippen molar-refractivity contribution < 1.29 is 9.59 Å². The van der Waals surface area contributed by atoms with E-state index in [1.54, 1.807) is 7.05 Å². The molecule has 1 aromatic heterocycles. The van der Waals surface area contributed by atoms with Gasteiger partial charge >= 0.3 is 0 Å². The van der Waals surface area contributed by atoms with Crippen LogP contribution in [0.1, 0.15) is 50.8 Å². The van der Waals surface area contributed by atoms with Crippen LogP contribution >= 0.6 is 0 Å². The van der Waals surface area contributed by atoms with Gasteiger partial charge in [0.05, 0.1) is 5.41 Å². The summed E-state index contributed by atoms with van der Waals surface area (Å²) in [6.07, 6.45) is 2.05. The zero-order valence-corrected chi connectivity index (χ0v) is 16.2. The number of carbonyl (C=O) groups is 2. The van der Waals surface area contributed by atoms with Gasteiger partial charge in [0, 0.05) is 37.3 Å². The number of aryl methyl sites for hydroxylation is 2. The second-order valence-corrected chi connectivity index (χ2v) is 7.83. The zero-order chi connectivity index (χ0) is 18.8. The molecule has 0 aliphatic heterocycles. The van der Waals surface area contributed by atoms with E-state index < -0.39 is 10.8 Å². The Bertz CT molecular complexity index is 651. The van der Waals surface area contributed by atoms with Crippen LogP contribution in [0.3, 0.4) is 0 Å². The Balaban J connectivity index is 2.01. The molecular weight excluding hydrogens is 316 g/mol. The lowest BCUT2D eigenvalue weighted by atomic mass is 9.65. The van der Waals surface area contributed by atoms with E-state index in [0.29, 0.717) is 19.4 Å². The van der Waals surface area contributed by atoms with Crippen molar-refractivity contribution in [1.82, 2.24) is 20.6 Å². The molecule has 0 unspecified atom stereocenters. The molecule has 1 aliphatic carbocycles. The van der Waals surface area contributed by atoms with Crippen LogP contribution in [0, 0.1) is 30.6 Å². The highest BCUT2D eigenvalue weighted by molar-refractivity contribution is 5.87. The van der Waals surface area contributed by atoms with E-state index in [4.69, 9.17) is 0 Å². The topological polar surface area (TPSA) is 84.0 Å². The molecule has 1 aliphatic rings. The van der Waals surface area contributed by atoms with Gasteiger partial charge in [0.15, 0.2) is 0 Å². The highest BCUT2D eigenvalue weighted by Crippen LogP contribution is 2.56. The van der Waals surface area contributed by atoms with Crippen LogP contribution in [0.5, 0.6) is 0 Å². The molecule has 2 rings (SSSR count). The first-order valence-corrected chi connectivity index (χ1v) is 8.93. The van der Waals surface area contributed by atoms with Crippen molar-refractivity contribution in [3.63, 3.8) is 0 Å². The van der Waals surface area contributed by atoms with Crippen LogP contribution in [0.4, 0.5) is 0 Å². The quantitative estimate of drug-likeness (QED) is 0.853. The smallest absolute Gasteiger partial charge is 0.226 e. The van der Waals surface area contributed by atoms with Crippen LogP contribution in [0.15, 0.2) is 6.07 Å². The highest BCUT2D eigenvalue weighted by atomic mass is 16.2. The van der Waals surface area contributed by atoms with Gasteiger partial charge in [-0.2, -0.15) is 0 Å². The number of hydrogen-bond acceptors (Lipinski definition) is 4. The molecule has 0 spiro atoms. The van der Waals surface area contributed by atoms with E-state index in [-0.39, 0.29) is 17.7 Å². The summed E-state index contributed by atoms with van der Waals surface area (Å²) in [7, 11) is 1.65. The predicted molar refractivity (Wildman–Crippen MR) is 96.9 cm³/mol. The van der Waals surface area contributed by atoms with Crippen molar-refractivity contribution in [1.29, 1.82) is 0 Å². The molecule has 2 atom stereocenters. The Hall–Kier alpha value is -1.98. The van der Waals surface area contributed by atoms with Crippen molar-refractivity contribution in [2.75, 3.05) is 13.6 Å². The molecule has 1 fully saturated rings. The Labute approximate surface area is 150 Å². The molecule has 2 N–H and O–H groups in total. The monoisotopic (exact) mass is 346 g/mol. The minimum Gasteiger partial charge on any atom is -0.359 e. The van der Waals surface area contributed by atoms with Crippen molar-refractivity contribution in [2.24, 2.45) is 16.7 Å². The fraction of sp³-hybridized carbons (Fsp3) is 0.684. The Morgan fingerprint density at radius 3 is 2.36 bits per heavy atom.